The lowest BCUT2D eigenvalue weighted by atomic mass is 10.2. The molecule has 1 aromatic carbocycles. The highest BCUT2D eigenvalue weighted by atomic mass is 32.2. The van der Waals surface area contributed by atoms with E-state index < -0.39 is 0 Å². The average Bonchev–Trinajstić information content (AvgIpc) is 2.29. The molecule has 4 heteroatoms. The van der Waals surface area contributed by atoms with Crippen molar-refractivity contribution in [1.82, 2.24) is 5.32 Å². The van der Waals surface area contributed by atoms with Crippen molar-refractivity contribution >= 4 is 17.7 Å². The Kier molecular flexibility index (Phi) is 6.08. The third-order valence-corrected chi connectivity index (χ3v) is 3.12. The van der Waals surface area contributed by atoms with Gasteiger partial charge in [-0.3, -0.25) is 4.79 Å². The van der Waals surface area contributed by atoms with Crippen molar-refractivity contribution in [2.24, 2.45) is 0 Å². The normalized spacial score (nSPS) is 10.6. The highest BCUT2D eigenvalue weighted by molar-refractivity contribution is 7.99. The minimum Gasteiger partial charge on any atom is -0.396 e. The molecule has 0 bridgehead atoms. The number of hydrogen-bond donors (Lipinski definition) is 2. The molecule has 0 saturated carbocycles. The molecule has 1 aromatic rings. The topological polar surface area (TPSA) is 49.3 Å². The van der Waals surface area contributed by atoms with Gasteiger partial charge in [0.25, 0.3) is 5.91 Å². The maximum atomic E-state index is 11.7. The van der Waals surface area contributed by atoms with E-state index in [0.717, 1.165) is 0 Å². The van der Waals surface area contributed by atoms with Gasteiger partial charge in [-0.15, -0.1) is 11.8 Å². The number of rotatable bonds is 6. The molecule has 0 saturated heterocycles. The number of carbonyl (C=O) groups excluding carboxylic acids is 1. The molecule has 0 heterocycles. The SMILES string of the molecule is CC(C)Sc1ccc(C(=O)NCCCO)cc1. The first-order valence-electron chi connectivity index (χ1n) is 5.79. The largest absolute Gasteiger partial charge is 0.396 e. The van der Waals surface area contributed by atoms with Crippen LogP contribution in [0.15, 0.2) is 29.2 Å². The third kappa shape index (κ3) is 5.24. The molecule has 2 N–H and O–H groups in total. The molecule has 0 spiro atoms. The number of thioether (sulfide) groups is 1. The van der Waals surface area contributed by atoms with Gasteiger partial charge in [0, 0.05) is 28.9 Å². The van der Waals surface area contributed by atoms with Gasteiger partial charge in [-0.2, -0.15) is 0 Å². The standard InChI is InChI=1S/C13H19NO2S/c1-10(2)17-12-6-4-11(5-7-12)13(16)14-8-3-9-15/h4-7,10,15H,3,8-9H2,1-2H3,(H,14,16). The van der Waals surface area contributed by atoms with Crippen LogP contribution in [-0.2, 0) is 0 Å². The van der Waals surface area contributed by atoms with Crippen LogP contribution in [-0.4, -0.2) is 29.4 Å². The molecule has 0 aliphatic rings. The van der Waals surface area contributed by atoms with E-state index in [0.29, 0.717) is 23.8 Å². The zero-order valence-corrected chi connectivity index (χ0v) is 11.1. The zero-order valence-electron chi connectivity index (χ0n) is 10.3. The van der Waals surface area contributed by atoms with Gasteiger partial charge < -0.3 is 10.4 Å². The summed E-state index contributed by atoms with van der Waals surface area (Å²) in [5.74, 6) is -0.0838. The van der Waals surface area contributed by atoms with Crippen molar-refractivity contribution in [3.63, 3.8) is 0 Å². The predicted octanol–water partition coefficient (Wildman–Crippen LogP) is 2.30. The fourth-order valence-electron chi connectivity index (χ4n) is 1.34. The summed E-state index contributed by atoms with van der Waals surface area (Å²) in [6.07, 6.45) is 0.590. The molecule has 0 unspecified atom stereocenters. The third-order valence-electron chi connectivity index (χ3n) is 2.11. The minimum atomic E-state index is -0.0838. The molecule has 1 rings (SSSR count). The Bertz CT molecular complexity index is 349. The van der Waals surface area contributed by atoms with Crippen LogP contribution < -0.4 is 5.32 Å². The molecule has 0 aromatic heterocycles. The Balaban J connectivity index is 2.52. The van der Waals surface area contributed by atoms with Gasteiger partial charge >= 0.3 is 0 Å². The molecular formula is C13H19NO2S. The summed E-state index contributed by atoms with van der Waals surface area (Å²) in [6.45, 7) is 4.89. The number of benzene rings is 1. The van der Waals surface area contributed by atoms with E-state index in [4.69, 9.17) is 5.11 Å². The van der Waals surface area contributed by atoms with Gasteiger partial charge in [0.1, 0.15) is 0 Å². The fourth-order valence-corrected chi connectivity index (χ4v) is 2.18. The molecule has 17 heavy (non-hydrogen) atoms. The first kappa shape index (κ1) is 14.1. The van der Waals surface area contributed by atoms with Crippen molar-refractivity contribution < 1.29 is 9.90 Å². The lowest BCUT2D eigenvalue weighted by Crippen LogP contribution is -2.24. The minimum absolute atomic E-state index is 0.0838. The molecule has 1 amide bonds. The number of aliphatic hydroxyl groups excluding tert-OH is 1. The van der Waals surface area contributed by atoms with Gasteiger partial charge in [-0.25, -0.2) is 0 Å². The molecule has 94 valence electrons. The predicted molar refractivity (Wildman–Crippen MR) is 71.5 cm³/mol. The van der Waals surface area contributed by atoms with Crippen LogP contribution in [0.4, 0.5) is 0 Å². The Labute approximate surface area is 107 Å². The molecule has 0 atom stereocenters. The second-order valence-electron chi connectivity index (χ2n) is 4.02. The lowest BCUT2D eigenvalue weighted by molar-refractivity contribution is 0.0951. The number of aliphatic hydroxyl groups is 1. The highest BCUT2D eigenvalue weighted by Gasteiger charge is 2.05. The first-order chi connectivity index (χ1) is 8.13. The van der Waals surface area contributed by atoms with Crippen LogP contribution in [0.2, 0.25) is 0 Å². The lowest BCUT2D eigenvalue weighted by Gasteiger charge is -2.07. The number of amides is 1. The molecule has 0 fully saturated rings. The van der Waals surface area contributed by atoms with E-state index in [2.05, 4.69) is 19.2 Å². The Morgan fingerprint density at radius 3 is 2.53 bits per heavy atom. The Morgan fingerprint density at radius 1 is 1.35 bits per heavy atom. The number of nitrogens with one attached hydrogen (secondary N) is 1. The smallest absolute Gasteiger partial charge is 0.251 e. The van der Waals surface area contributed by atoms with Crippen LogP contribution in [0.25, 0.3) is 0 Å². The van der Waals surface area contributed by atoms with E-state index in [9.17, 15) is 4.79 Å². The molecule has 0 aliphatic carbocycles. The van der Waals surface area contributed by atoms with E-state index in [-0.39, 0.29) is 12.5 Å². The summed E-state index contributed by atoms with van der Waals surface area (Å²) in [7, 11) is 0. The van der Waals surface area contributed by atoms with Crippen molar-refractivity contribution in [3.05, 3.63) is 29.8 Å². The molecule has 3 nitrogen and oxygen atoms in total. The molecule has 0 aliphatic heterocycles. The van der Waals surface area contributed by atoms with Gasteiger partial charge in [0.2, 0.25) is 0 Å². The van der Waals surface area contributed by atoms with Crippen LogP contribution in [0, 0.1) is 0 Å². The van der Waals surface area contributed by atoms with E-state index >= 15 is 0 Å². The van der Waals surface area contributed by atoms with E-state index in [1.165, 1.54) is 4.90 Å². The monoisotopic (exact) mass is 253 g/mol. The molecular weight excluding hydrogens is 234 g/mol. The summed E-state index contributed by atoms with van der Waals surface area (Å²) < 4.78 is 0. The van der Waals surface area contributed by atoms with Crippen LogP contribution in [0.5, 0.6) is 0 Å². The summed E-state index contributed by atoms with van der Waals surface area (Å²) in [5, 5.41) is 11.9. The van der Waals surface area contributed by atoms with E-state index in [1.807, 2.05) is 24.3 Å². The quantitative estimate of drug-likeness (QED) is 0.604. The second kappa shape index (κ2) is 7.35. The second-order valence-corrected chi connectivity index (χ2v) is 5.67. The fraction of sp³-hybridized carbons (Fsp3) is 0.462. The number of hydrogen-bond acceptors (Lipinski definition) is 3. The van der Waals surface area contributed by atoms with Crippen molar-refractivity contribution in [3.8, 4) is 0 Å². The van der Waals surface area contributed by atoms with Crippen molar-refractivity contribution in [2.75, 3.05) is 13.2 Å². The maximum Gasteiger partial charge on any atom is 0.251 e. The average molecular weight is 253 g/mol. The van der Waals surface area contributed by atoms with Gasteiger partial charge in [-0.05, 0) is 30.7 Å². The van der Waals surface area contributed by atoms with E-state index in [1.54, 1.807) is 11.8 Å². The summed E-state index contributed by atoms with van der Waals surface area (Å²) in [4.78, 5) is 12.8. The van der Waals surface area contributed by atoms with Crippen LogP contribution in [0.1, 0.15) is 30.6 Å². The zero-order chi connectivity index (χ0) is 12.7. The number of carbonyl (C=O) groups is 1. The Morgan fingerprint density at radius 2 is 2.00 bits per heavy atom. The van der Waals surface area contributed by atoms with Crippen LogP contribution in [0.3, 0.4) is 0 Å². The highest BCUT2D eigenvalue weighted by Crippen LogP contribution is 2.22. The first-order valence-corrected chi connectivity index (χ1v) is 6.67. The molecule has 0 radical (unpaired) electrons. The summed E-state index contributed by atoms with van der Waals surface area (Å²) >= 11 is 1.78. The summed E-state index contributed by atoms with van der Waals surface area (Å²) in [6, 6.07) is 7.59. The summed E-state index contributed by atoms with van der Waals surface area (Å²) in [5.41, 5.74) is 0.663. The van der Waals surface area contributed by atoms with Gasteiger partial charge in [-0.1, -0.05) is 13.8 Å². The van der Waals surface area contributed by atoms with Crippen molar-refractivity contribution in [2.45, 2.75) is 30.4 Å². The Hall–Kier alpha value is -1.00. The maximum absolute atomic E-state index is 11.7. The van der Waals surface area contributed by atoms with Gasteiger partial charge in [0.05, 0.1) is 0 Å². The van der Waals surface area contributed by atoms with Crippen LogP contribution >= 0.6 is 11.8 Å². The van der Waals surface area contributed by atoms with Gasteiger partial charge in [0.15, 0.2) is 0 Å². The van der Waals surface area contributed by atoms with Crippen molar-refractivity contribution in [1.29, 1.82) is 0 Å².